The first-order valence-electron chi connectivity index (χ1n) is 18.9. The second kappa shape index (κ2) is 15.5. The Kier molecular flexibility index (Phi) is 10.8. The lowest BCUT2D eigenvalue weighted by Crippen LogP contribution is -2.52. The van der Waals surface area contributed by atoms with E-state index in [2.05, 4.69) is 10.6 Å². The largest absolute Gasteiger partial charge is 0.490 e. The number of urea groups is 1. The molecule has 1 atom stereocenters. The van der Waals surface area contributed by atoms with Gasteiger partial charge in [-0.2, -0.15) is 0 Å². The topological polar surface area (TPSA) is 141 Å². The molecule has 4 amide bonds. The summed E-state index contributed by atoms with van der Waals surface area (Å²) in [5.74, 6) is 1.42. The summed E-state index contributed by atoms with van der Waals surface area (Å²) in [6.07, 6.45) is 5.39. The number of anilines is 2. The molecule has 3 fully saturated rings. The summed E-state index contributed by atoms with van der Waals surface area (Å²) in [7, 11) is -3.18. The van der Waals surface area contributed by atoms with Gasteiger partial charge in [-0.15, -0.1) is 0 Å². The Morgan fingerprint density at radius 2 is 1.60 bits per heavy atom. The molecule has 0 aromatic heterocycles. The second-order valence-electron chi connectivity index (χ2n) is 15.0. The summed E-state index contributed by atoms with van der Waals surface area (Å²) in [5, 5.41) is 6.44. The van der Waals surface area contributed by atoms with Gasteiger partial charge in [0.25, 0.3) is 5.91 Å². The molecule has 282 valence electrons. The number of aryl methyl sites for hydroxylation is 1. The van der Waals surface area contributed by atoms with Crippen LogP contribution in [0.5, 0.6) is 5.75 Å². The molecule has 2 N–H and O–H groups in total. The van der Waals surface area contributed by atoms with Crippen LogP contribution in [0.25, 0.3) is 0 Å². The van der Waals surface area contributed by atoms with E-state index in [9.17, 15) is 22.8 Å². The van der Waals surface area contributed by atoms with Crippen molar-refractivity contribution in [1.29, 1.82) is 0 Å². The Bertz CT molecular complexity index is 1750. The van der Waals surface area contributed by atoms with Crippen LogP contribution in [0.3, 0.4) is 0 Å². The minimum absolute atomic E-state index is 0.00257. The van der Waals surface area contributed by atoms with E-state index in [0.717, 1.165) is 72.5 Å². The molecule has 3 saturated heterocycles. The van der Waals surface area contributed by atoms with Crippen molar-refractivity contribution >= 4 is 39.4 Å². The number of hydrogen-bond acceptors (Lipinski definition) is 8. The van der Waals surface area contributed by atoms with Gasteiger partial charge in [-0.25, -0.2) is 22.3 Å². The summed E-state index contributed by atoms with van der Waals surface area (Å²) in [4.78, 5) is 46.5. The lowest BCUT2D eigenvalue weighted by Gasteiger charge is -2.40. The van der Waals surface area contributed by atoms with E-state index in [1.54, 1.807) is 9.21 Å². The van der Waals surface area contributed by atoms with Crippen molar-refractivity contribution in [3.8, 4) is 5.75 Å². The molecule has 0 aliphatic carbocycles. The zero-order valence-electron chi connectivity index (χ0n) is 30.3. The van der Waals surface area contributed by atoms with Crippen LogP contribution in [0.15, 0.2) is 36.4 Å². The number of rotatable bonds is 7. The average molecular weight is 737 g/mol. The number of nitrogens with one attached hydrogen (secondary N) is 2. The fourth-order valence-electron chi connectivity index (χ4n) is 8.78. The molecular weight excluding hydrogens is 685 g/mol. The number of para-hydroxylation sites is 1. The van der Waals surface area contributed by atoms with Crippen molar-refractivity contribution in [2.75, 3.05) is 75.9 Å². The first kappa shape index (κ1) is 36.3. The fraction of sp³-hybridized carbons (Fsp3) is 0.605. The number of likely N-dealkylation sites (tertiary alicyclic amines) is 2. The Balaban J connectivity index is 0.988. The Morgan fingerprint density at radius 1 is 0.923 bits per heavy atom. The molecule has 0 saturated carbocycles. The number of sulfonamides is 1. The smallest absolute Gasteiger partial charge is 0.410 e. The Hall–Kier alpha value is -4.04. The SMILES string of the molecule is Cc1cc(C[C@@H](OC(=O)N2CCC(N3CCc4ccccc4NC3=O)CC2)C(=O)N2CCC(C3CCN(S(C)(=O)=O)CC3)CC2)cc2c1NCCO2. The highest BCUT2D eigenvalue weighted by Gasteiger charge is 2.38. The van der Waals surface area contributed by atoms with Crippen molar-refractivity contribution in [3.63, 3.8) is 0 Å². The van der Waals surface area contributed by atoms with Crippen LogP contribution in [0, 0.1) is 18.8 Å². The van der Waals surface area contributed by atoms with Gasteiger partial charge < -0.3 is 34.8 Å². The molecule has 0 radical (unpaired) electrons. The van der Waals surface area contributed by atoms with Crippen LogP contribution in [-0.4, -0.2) is 123 Å². The highest BCUT2D eigenvalue weighted by Crippen LogP contribution is 2.35. The van der Waals surface area contributed by atoms with Gasteiger partial charge in [-0.1, -0.05) is 24.3 Å². The van der Waals surface area contributed by atoms with Gasteiger partial charge in [-0.05, 0) is 92.5 Å². The fourth-order valence-corrected chi connectivity index (χ4v) is 9.66. The van der Waals surface area contributed by atoms with Crippen molar-refractivity contribution in [3.05, 3.63) is 53.1 Å². The number of carbonyl (C=O) groups is 3. The number of benzene rings is 2. The molecule has 2 aromatic rings. The summed E-state index contributed by atoms with van der Waals surface area (Å²) >= 11 is 0. The van der Waals surface area contributed by atoms with Crippen LogP contribution >= 0.6 is 0 Å². The Morgan fingerprint density at radius 3 is 2.31 bits per heavy atom. The van der Waals surface area contributed by atoms with Gasteiger partial charge in [0.15, 0.2) is 6.10 Å². The third kappa shape index (κ3) is 8.12. The van der Waals surface area contributed by atoms with Gasteiger partial charge >= 0.3 is 12.1 Å². The van der Waals surface area contributed by atoms with E-state index >= 15 is 0 Å². The van der Waals surface area contributed by atoms with Gasteiger partial charge in [0.2, 0.25) is 10.0 Å². The molecule has 13 nitrogen and oxygen atoms in total. The minimum atomic E-state index is -3.18. The highest BCUT2D eigenvalue weighted by molar-refractivity contribution is 7.88. The second-order valence-corrected chi connectivity index (χ2v) is 17.0. The van der Waals surface area contributed by atoms with Crippen molar-refractivity contribution in [2.45, 2.75) is 70.4 Å². The molecule has 5 aliphatic rings. The first-order chi connectivity index (χ1) is 25.0. The zero-order chi connectivity index (χ0) is 36.4. The van der Waals surface area contributed by atoms with E-state index in [4.69, 9.17) is 9.47 Å². The highest BCUT2D eigenvalue weighted by atomic mass is 32.2. The standard InChI is InChI=1S/C38H52N6O7S/c1-26-23-27(24-33-35(26)39-14-22-50-33)25-34(36(45)41-15-7-28(8-16-41)29-9-19-43(20-10-29)52(2,48)49)51-38(47)42-17-12-31(13-18-42)44-21-11-30-5-3-4-6-32(30)40-37(44)46/h3-6,23-24,28-29,31,34,39H,7-22,25H2,1-2H3,(H,40,46)/t34-/m1/s1. The summed E-state index contributed by atoms with van der Waals surface area (Å²) in [5.41, 5.74) is 4.79. The van der Waals surface area contributed by atoms with E-state index in [0.29, 0.717) is 77.1 Å². The number of hydrogen-bond donors (Lipinski definition) is 2. The van der Waals surface area contributed by atoms with E-state index < -0.39 is 22.2 Å². The summed E-state index contributed by atoms with van der Waals surface area (Å²) in [6, 6.07) is 11.7. The van der Waals surface area contributed by atoms with Gasteiger partial charge in [-0.3, -0.25) is 4.79 Å². The molecule has 0 bridgehead atoms. The lowest BCUT2D eigenvalue weighted by molar-refractivity contribution is -0.142. The quantitative estimate of drug-likeness (QED) is 0.429. The van der Waals surface area contributed by atoms with Crippen molar-refractivity contribution < 1.29 is 32.3 Å². The molecular formula is C38H52N6O7S. The third-order valence-corrected chi connectivity index (χ3v) is 13.1. The molecule has 0 spiro atoms. The van der Waals surface area contributed by atoms with Crippen LogP contribution in [0.2, 0.25) is 0 Å². The monoisotopic (exact) mass is 736 g/mol. The van der Waals surface area contributed by atoms with Crippen LogP contribution in [-0.2, 0) is 32.4 Å². The molecule has 14 heteroatoms. The third-order valence-electron chi connectivity index (χ3n) is 11.8. The molecule has 5 heterocycles. The zero-order valence-corrected chi connectivity index (χ0v) is 31.2. The maximum Gasteiger partial charge on any atom is 0.410 e. The number of piperidine rings is 3. The summed E-state index contributed by atoms with van der Waals surface area (Å²) < 4.78 is 37.6. The molecule has 2 aromatic carbocycles. The van der Waals surface area contributed by atoms with E-state index in [1.807, 2.05) is 53.1 Å². The van der Waals surface area contributed by atoms with Gasteiger partial charge in [0, 0.05) is 70.5 Å². The predicted octanol–water partition coefficient (Wildman–Crippen LogP) is 4.31. The van der Waals surface area contributed by atoms with Crippen LogP contribution < -0.4 is 15.4 Å². The normalized spacial score (nSPS) is 21.6. The maximum absolute atomic E-state index is 14.2. The number of ether oxygens (including phenoxy) is 2. The minimum Gasteiger partial charge on any atom is -0.490 e. The number of amides is 4. The average Bonchev–Trinajstić information content (AvgIpc) is 3.32. The number of fused-ring (bicyclic) bond motifs is 2. The Labute approximate surface area is 307 Å². The van der Waals surface area contributed by atoms with E-state index in [-0.39, 0.29) is 24.4 Å². The number of nitrogens with zero attached hydrogens (tertiary/aromatic N) is 4. The van der Waals surface area contributed by atoms with Gasteiger partial charge in [0.1, 0.15) is 12.4 Å². The van der Waals surface area contributed by atoms with Gasteiger partial charge in [0.05, 0.1) is 11.9 Å². The predicted molar refractivity (Wildman–Crippen MR) is 198 cm³/mol. The van der Waals surface area contributed by atoms with Crippen LogP contribution in [0.4, 0.5) is 21.0 Å². The summed E-state index contributed by atoms with van der Waals surface area (Å²) in [6.45, 7) is 7.03. The first-order valence-corrected chi connectivity index (χ1v) is 20.7. The van der Waals surface area contributed by atoms with Crippen LogP contribution in [0.1, 0.15) is 55.2 Å². The van der Waals surface area contributed by atoms with E-state index in [1.165, 1.54) is 6.26 Å². The molecule has 0 unspecified atom stereocenters. The molecule has 7 rings (SSSR count). The van der Waals surface area contributed by atoms with Crippen molar-refractivity contribution in [1.82, 2.24) is 19.0 Å². The number of carbonyl (C=O) groups excluding carboxylic acids is 3. The molecule has 5 aliphatic heterocycles. The lowest BCUT2D eigenvalue weighted by atomic mass is 9.79. The van der Waals surface area contributed by atoms with Crippen molar-refractivity contribution in [2.24, 2.45) is 11.8 Å². The molecule has 52 heavy (non-hydrogen) atoms. The maximum atomic E-state index is 14.2.